The highest BCUT2D eigenvalue weighted by molar-refractivity contribution is 5.27. The van der Waals surface area contributed by atoms with Crippen molar-refractivity contribution in [3.8, 4) is 0 Å². The Morgan fingerprint density at radius 3 is 2.86 bits per heavy atom. The molecule has 5 atom stereocenters. The molecule has 2 saturated carbocycles. The molecule has 1 heteroatoms. The molecule has 3 rings (SSSR count). The predicted molar refractivity (Wildman–Crippen MR) is 56.8 cm³/mol. The number of hydrogen-bond acceptors (Lipinski definition) is 1. The van der Waals surface area contributed by atoms with Crippen molar-refractivity contribution in [3.05, 3.63) is 12.2 Å². The van der Waals surface area contributed by atoms with E-state index in [1.807, 2.05) is 0 Å². The van der Waals surface area contributed by atoms with Crippen LogP contribution in [0, 0.1) is 22.7 Å². The minimum Gasteiger partial charge on any atom is -0.388 e. The summed E-state index contributed by atoms with van der Waals surface area (Å²) < 4.78 is 0. The molecule has 14 heavy (non-hydrogen) atoms. The Morgan fingerprint density at radius 1 is 1.29 bits per heavy atom. The standard InChI is InChI=1S/C13H20O/c1-9-3-8-13-10(9)4-6-12(13,2)7-5-11(13)14/h5,7,9-11,14H,3-4,6,8H2,1-2H3/t9-,10+,11-,12+,13+/m1/s1. The zero-order chi connectivity index (χ0) is 9.97. The fraction of sp³-hybridized carbons (Fsp3) is 0.846. The highest BCUT2D eigenvalue weighted by atomic mass is 16.3. The molecule has 1 N–H and O–H groups in total. The van der Waals surface area contributed by atoms with E-state index in [1.165, 1.54) is 25.7 Å². The number of rotatable bonds is 0. The second-order valence-corrected chi connectivity index (χ2v) is 5.92. The lowest BCUT2D eigenvalue weighted by Crippen LogP contribution is -2.41. The van der Waals surface area contributed by atoms with Gasteiger partial charge in [-0.1, -0.05) is 26.0 Å². The Balaban J connectivity index is 2.09. The van der Waals surface area contributed by atoms with Gasteiger partial charge in [-0.3, -0.25) is 0 Å². The van der Waals surface area contributed by atoms with E-state index in [1.54, 1.807) is 0 Å². The smallest absolute Gasteiger partial charge is 0.0788 e. The first kappa shape index (κ1) is 8.96. The highest BCUT2D eigenvalue weighted by Crippen LogP contribution is 2.69. The molecule has 0 aromatic heterocycles. The molecular weight excluding hydrogens is 172 g/mol. The van der Waals surface area contributed by atoms with E-state index in [0.717, 1.165) is 11.8 Å². The molecule has 0 saturated heterocycles. The first-order valence-electron chi connectivity index (χ1n) is 5.98. The van der Waals surface area contributed by atoms with Gasteiger partial charge in [0.05, 0.1) is 6.10 Å². The van der Waals surface area contributed by atoms with Gasteiger partial charge in [0.1, 0.15) is 0 Å². The number of aliphatic hydroxyl groups excluding tert-OH is 1. The van der Waals surface area contributed by atoms with Crippen LogP contribution in [0.4, 0.5) is 0 Å². The van der Waals surface area contributed by atoms with E-state index in [9.17, 15) is 5.11 Å². The minimum atomic E-state index is -0.162. The normalized spacial score (nSPS) is 60.4. The van der Waals surface area contributed by atoms with E-state index in [-0.39, 0.29) is 11.5 Å². The van der Waals surface area contributed by atoms with Gasteiger partial charge in [-0.25, -0.2) is 0 Å². The lowest BCUT2D eigenvalue weighted by Gasteiger charge is -2.41. The monoisotopic (exact) mass is 192 g/mol. The molecule has 3 aliphatic carbocycles. The van der Waals surface area contributed by atoms with Crippen molar-refractivity contribution in [3.63, 3.8) is 0 Å². The van der Waals surface area contributed by atoms with Crippen molar-refractivity contribution in [2.45, 2.75) is 45.6 Å². The molecule has 2 fully saturated rings. The van der Waals surface area contributed by atoms with E-state index >= 15 is 0 Å². The van der Waals surface area contributed by atoms with Gasteiger partial charge in [-0.15, -0.1) is 0 Å². The molecule has 1 spiro atoms. The Labute approximate surface area is 86.2 Å². The molecule has 3 aliphatic rings. The summed E-state index contributed by atoms with van der Waals surface area (Å²) in [5.41, 5.74) is 0.536. The third kappa shape index (κ3) is 0.735. The van der Waals surface area contributed by atoms with Crippen molar-refractivity contribution >= 4 is 0 Å². The highest BCUT2D eigenvalue weighted by Gasteiger charge is 2.65. The molecular formula is C13H20O. The quantitative estimate of drug-likeness (QED) is 0.585. The van der Waals surface area contributed by atoms with Crippen LogP contribution in [-0.2, 0) is 0 Å². The summed E-state index contributed by atoms with van der Waals surface area (Å²) in [7, 11) is 0. The number of hydrogen-bond donors (Lipinski definition) is 1. The Hall–Kier alpha value is -0.300. The van der Waals surface area contributed by atoms with Crippen molar-refractivity contribution in [2.75, 3.05) is 0 Å². The van der Waals surface area contributed by atoms with Gasteiger partial charge in [0.2, 0.25) is 0 Å². The topological polar surface area (TPSA) is 20.2 Å². The number of aliphatic hydroxyl groups is 1. The van der Waals surface area contributed by atoms with Crippen LogP contribution in [-0.4, -0.2) is 11.2 Å². The molecule has 0 bridgehead atoms. The first-order valence-corrected chi connectivity index (χ1v) is 5.98. The van der Waals surface area contributed by atoms with Crippen LogP contribution in [0.5, 0.6) is 0 Å². The predicted octanol–water partition coefficient (Wildman–Crippen LogP) is 2.75. The van der Waals surface area contributed by atoms with Crippen molar-refractivity contribution in [1.82, 2.24) is 0 Å². The summed E-state index contributed by atoms with van der Waals surface area (Å²) in [6.07, 6.45) is 9.38. The summed E-state index contributed by atoms with van der Waals surface area (Å²) in [6, 6.07) is 0. The minimum absolute atomic E-state index is 0.162. The van der Waals surface area contributed by atoms with Gasteiger partial charge in [0.25, 0.3) is 0 Å². The Morgan fingerprint density at radius 2 is 2.07 bits per heavy atom. The molecule has 0 radical (unpaired) electrons. The van der Waals surface area contributed by atoms with Gasteiger partial charge >= 0.3 is 0 Å². The summed E-state index contributed by atoms with van der Waals surface area (Å²) in [4.78, 5) is 0. The zero-order valence-electron chi connectivity index (χ0n) is 9.16. The second kappa shape index (κ2) is 2.44. The third-order valence-corrected chi connectivity index (χ3v) is 5.57. The average molecular weight is 192 g/mol. The first-order chi connectivity index (χ1) is 6.60. The SMILES string of the molecule is C[C@@H]1CC[C@]23[C@H](O)C=C[C@]2(C)CC[C@@H]13. The Bertz CT molecular complexity index is 296. The van der Waals surface area contributed by atoms with Crippen LogP contribution in [0.25, 0.3) is 0 Å². The largest absolute Gasteiger partial charge is 0.388 e. The van der Waals surface area contributed by atoms with Crippen LogP contribution in [0.1, 0.15) is 39.5 Å². The van der Waals surface area contributed by atoms with Gasteiger partial charge in [0.15, 0.2) is 0 Å². The third-order valence-electron chi connectivity index (χ3n) is 5.57. The maximum atomic E-state index is 10.3. The molecule has 0 amide bonds. The zero-order valence-corrected chi connectivity index (χ0v) is 9.16. The fourth-order valence-electron chi connectivity index (χ4n) is 4.72. The molecule has 0 heterocycles. The maximum absolute atomic E-state index is 10.3. The van der Waals surface area contributed by atoms with E-state index in [0.29, 0.717) is 5.41 Å². The van der Waals surface area contributed by atoms with E-state index < -0.39 is 0 Å². The van der Waals surface area contributed by atoms with Crippen LogP contribution >= 0.6 is 0 Å². The summed E-state index contributed by atoms with van der Waals surface area (Å²) in [5.74, 6) is 1.60. The van der Waals surface area contributed by atoms with E-state index in [4.69, 9.17) is 0 Å². The molecule has 0 aromatic carbocycles. The summed E-state index contributed by atoms with van der Waals surface area (Å²) in [6.45, 7) is 4.73. The van der Waals surface area contributed by atoms with Crippen molar-refractivity contribution in [1.29, 1.82) is 0 Å². The lowest BCUT2D eigenvalue weighted by molar-refractivity contribution is -0.00490. The van der Waals surface area contributed by atoms with E-state index in [2.05, 4.69) is 26.0 Å². The number of allylic oxidation sites excluding steroid dienone is 1. The molecule has 0 aliphatic heterocycles. The van der Waals surface area contributed by atoms with Crippen LogP contribution in [0.2, 0.25) is 0 Å². The Kier molecular flexibility index (Phi) is 1.56. The van der Waals surface area contributed by atoms with Gasteiger partial charge in [-0.2, -0.15) is 0 Å². The van der Waals surface area contributed by atoms with Crippen LogP contribution < -0.4 is 0 Å². The van der Waals surface area contributed by atoms with Crippen molar-refractivity contribution in [2.24, 2.45) is 22.7 Å². The van der Waals surface area contributed by atoms with Gasteiger partial charge in [0, 0.05) is 5.41 Å². The average Bonchev–Trinajstić information content (AvgIpc) is 2.70. The second-order valence-electron chi connectivity index (χ2n) is 5.92. The lowest BCUT2D eigenvalue weighted by atomic mass is 9.64. The molecule has 0 unspecified atom stereocenters. The van der Waals surface area contributed by atoms with Crippen molar-refractivity contribution < 1.29 is 5.11 Å². The van der Waals surface area contributed by atoms with Gasteiger partial charge < -0.3 is 5.11 Å². The molecule has 1 nitrogen and oxygen atoms in total. The molecule has 78 valence electrons. The van der Waals surface area contributed by atoms with Gasteiger partial charge in [-0.05, 0) is 42.9 Å². The summed E-state index contributed by atoms with van der Waals surface area (Å²) in [5, 5.41) is 10.3. The molecule has 0 aromatic rings. The summed E-state index contributed by atoms with van der Waals surface area (Å²) >= 11 is 0. The van der Waals surface area contributed by atoms with Crippen LogP contribution in [0.3, 0.4) is 0 Å². The van der Waals surface area contributed by atoms with Crippen LogP contribution in [0.15, 0.2) is 12.2 Å². The maximum Gasteiger partial charge on any atom is 0.0788 e. The fourth-order valence-corrected chi connectivity index (χ4v) is 4.72.